The average Bonchev–Trinajstić information content (AvgIpc) is 2.17. The summed E-state index contributed by atoms with van der Waals surface area (Å²) >= 11 is 0. The van der Waals surface area contributed by atoms with Gasteiger partial charge in [0.2, 0.25) is 0 Å². The van der Waals surface area contributed by atoms with Crippen LogP contribution in [-0.2, 0) is 11.2 Å². The van der Waals surface area contributed by atoms with Crippen LogP contribution in [0.25, 0.3) is 0 Å². The Kier molecular flexibility index (Phi) is 2.22. The van der Waals surface area contributed by atoms with Crippen LogP contribution in [0.5, 0.6) is 0 Å². The van der Waals surface area contributed by atoms with Gasteiger partial charge in [-0.15, -0.1) is 0 Å². The molecule has 2 aliphatic heterocycles. The zero-order chi connectivity index (χ0) is 10.3. The average molecular weight is 207 g/mol. The largest absolute Gasteiger partial charge is 0.372 e. The maximum absolute atomic E-state index is 13.6. The molecular formula is C12H14FNO. The first kappa shape index (κ1) is 9.31. The molecule has 15 heavy (non-hydrogen) atoms. The highest BCUT2D eigenvalue weighted by Crippen LogP contribution is 2.33. The zero-order valence-corrected chi connectivity index (χ0v) is 8.50. The van der Waals surface area contributed by atoms with E-state index < -0.39 is 0 Å². The first-order valence-electron chi connectivity index (χ1n) is 5.48. The molecule has 0 unspecified atom stereocenters. The van der Waals surface area contributed by atoms with Gasteiger partial charge in [-0.25, -0.2) is 4.39 Å². The molecule has 2 heterocycles. The monoisotopic (exact) mass is 207 g/mol. The lowest BCUT2D eigenvalue weighted by atomic mass is 9.89. The molecule has 3 rings (SSSR count). The van der Waals surface area contributed by atoms with E-state index in [1.165, 1.54) is 6.07 Å². The van der Waals surface area contributed by atoms with E-state index in [4.69, 9.17) is 4.74 Å². The molecule has 3 heteroatoms. The first-order chi connectivity index (χ1) is 7.36. The lowest BCUT2D eigenvalue weighted by Crippen LogP contribution is -2.48. The molecule has 1 aromatic carbocycles. The fourth-order valence-electron chi connectivity index (χ4n) is 2.39. The van der Waals surface area contributed by atoms with Gasteiger partial charge in [-0.3, -0.25) is 0 Å². The van der Waals surface area contributed by atoms with E-state index in [0.717, 1.165) is 24.1 Å². The molecule has 2 aliphatic rings. The third kappa shape index (κ3) is 1.46. The third-order valence-corrected chi connectivity index (χ3v) is 3.34. The van der Waals surface area contributed by atoms with Gasteiger partial charge < -0.3 is 10.1 Å². The number of rotatable bonds is 1. The van der Waals surface area contributed by atoms with Gasteiger partial charge in [0.15, 0.2) is 0 Å². The molecule has 0 amide bonds. The van der Waals surface area contributed by atoms with E-state index in [-0.39, 0.29) is 11.9 Å². The predicted octanol–water partition coefficient (Wildman–Crippen LogP) is 1.80. The molecular weight excluding hydrogens is 193 g/mol. The maximum Gasteiger partial charge on any atom is 0.126 e. The Labute approximate surface area is 88.4 Å². The number of halogens is 1. The summed E-state index contributed by atoms with van der Waals surface area (Å²) in [5, 5.41) is 3.33. The second-order valence-corrected chi connectivity index (χ2v) is 4.20. The molecule has 1 saturated heterocycles. The molecule has 1 fully saturated rings. The summed E-state index contributed by atoms with van der Waals surface area (Å²) < 4.78 is 19.3. The molecule has 0 saturated carbocycles. The van der Waals surface area contributed by atoms with Crippen LogP contribution < -0.4 is 5.32 Å². The molecule has 80 valence electrons. The molecule has 0 aromatic heterocycles. The summed E-state index contributed by atoms with van der Waals surface area (Å²) in [6, 6.07) is 5.68. The highest BCUT2D eigenvalue weighted by atomic mass is 19.1. The fourth-order valence-corrected chi connectivity index (χ4v) is 2.39. The standard InChI is InChI=1S/C12H14FNO/c13-10-3-1-2-9-8(10)5-7-15-12(9)11-4-6-14-11/h1-3,11-12,14H,4-7H2/t11-,12+/m0/s1. The predicted molar refractivity (Wildman–Crippen MR) is 55.2 cm³/mol. The van der Waals surface area contributed by atoms with Crippen LogP contribution >= 0.6 is 0 Å². The molecule has 0 spiro atoms. The fraction of sp³-hybridized carbons (Fsp3) is 0.500. The topological polar surface area (TPSA) is 21.3 Å². The van der Waals surface area contributed by atoms with E-state index in [9.17, 15) is 4.39 Å². The Hall–Kier alpha value is -0.930. The van der Waals surface area contributed by atoms with Gasteiger partial charge in [-0.05, 0) is 36.6 Å². The van der Waals surface area contributed by atoms with Crippen molar-refractivity contribution in [3.8, 4) is 0 Å². The zero-order valence-electron chi connectivity index (χ0n) is 8.50. The van der Waals surface area contributed by atoms with E-state index >= 15 is 0 Å². The Bertz CT molecular complexity index is 376. The molecule has 0 bridgehead atoms. The van der Waals surface area contributed by atoms with E-state index in [1.54, 1.807) is 6.07 Å². The molecule has 0 aliphatic carbocycles. The lowest BCUT2D eigenvalue weighted by Gasteiger charge is -2.38. The number of hydrogen-bond acceptors (Lipinski definition) is 2. The van der Waals surface area contributed by atoms with Crippen LogP contribution in [0.3, 0.4) is 0 Å². The van der Waals surface area contributed by atoms with Crippen LogP contribution in [0.1, 0.15) is 23.7 Å². The Morgan fingerprint density at radius 2 is 2.27 bits per heavy atom. The summed E-state index contributed by atoms with van der Waals surface area (Å²) in [4.78, 5) is 0. The van der Waals surface area contributed by atoms with Gasteiger partial charge in [0.25, 0.3) is 0 Å². The van der Waals surface area contributed by atoms with Crippen LogP contribution in [0.2, 0.25) is 0 Å². The number of ether oxygens (including phenoxy) is 1. The van der Waals surface area contributed by atoms with Crippen LogP contribution in [0.15, 0.2) is 18.2 Å². The second kappa shape index (κ2) is 3.58. The normalized spacial score (nSPS) is 29.4. The quantitative estimate of drug-likeness (QED) is 0.758. The SMILES string of the molecule is Fc1cccc2c1CCO[C@H]2[C@@H]1CCN1. The van der Waals surface area contributed by atoms with Crippen molar-refractivity contribution in [1.29, 1.82) is 0 Å². The maximum atomic E-state index is 13.6. The van der Waals surface area contributed by atoms with Crippen molar-refractivity contribution in [2.24, 2.45) is 0 Å². The number of fused-ring (bicyclic) bond motifs is 1. The minimum absolute atomic E-state index is 0.0539. The Morgan fingerprint density at radius 3 is 3.00 bits per heavy atom. The highest BCUT2D eigenvalue weighted by Gasteiger charge is 2.33. The number of benzene rings is 1. The van der Waals surface area contributed by atoms with E-state index in [1.807, 2.05) is 6.07 Å². The lowest BCUT2D eigenvalue weighted by molar-refractivity contribution is -0.00230. The van der Waals surface area contributed by atoms with Gasteiger partial charge in [0.1, 0.15) is 5.82 Å². The van der Waals surface area contributed by atoms with Gasteiger partial charge >= 0.3 is 0 Å². The highest BCUT2D eigenvalue weighted by molar-refractivity contribution is 5.33. The second-order valence-electron chi connectivity index (χ2n) is 4.20. The minimum Gasteiger partial charge on any atom is -0.372 e. The molecule has 0 radical (unpaired) electrons. The molecule has 2 atom stereocenters. The molecule has 1 aromatic rings. The van der Waals surface area contributed by atoms with Crippen molar-refractivity contribution in [1.82, 2.24) is 5.32 Å². The van der Waals surface area contributed by atoms with Gasteiger partial charge in [-0.1, -0.05) is 12.1 Å². The summed E-state index contributed by atoms with van der Waals surface area (Å²) in [5.74, 6) is -0.0832. The van der Waals surface area contributed by atoms with Crippen molar-refractivity contribution in [2.75, 3.05) is 13.2 Å². The van der Waals surface area contributed by atoms with Crippen molar-refractivity contribution in [3.05, 3.63) is 35.1 Å². The van der Waals surface area contributed by atoms with Crippen molar-refractivity contribution < 1.29 is 9.13 Å². The number of nitrogens with one attached hydrogen (secondary N) is 1. The minimum atomic E-state index is -0.0832. The summed E-state index contributed by atoms with van der Waals surface area (Å²) in [7, 11) is 0. The smallest absolute Gasteiger partial charge is 0.126 e. The van der Waals surface area contributed by atoms with Gasteiger partial charge in [0.05, 0.1) is 12.7 Å². The summed E-state index contributed by atoms with van der Waals surface area (Å²) in [6.07, 6.45) is 1.88. The van der Waals surface area contributed by atoms with Gasteiger partial charge in [0, 0.05) is 6.04 Å². The van der Waals surface area contributed by atoms with E-state index in [0.29, 0.717) is 19.1 Å². The Morgan fingerprint density at radius 1 is 1.40 bits per heavy atom. The van der Waals surface area contributed by atoms with Crippen molar-refractivity contribution in [2.45, 2.75) is 25.0 Å². The number of hydrogen-bond donors (Lipinski definition) is 1. The summed E-state index contributed by atoms with van der Waals surface area (Å²) in [6.45, 7) is 1.69. The van der Waals surface area contributed by atoms with Gasteiger partial charge in [-0.2, -0.15) is 0 Å². The Balaban J connectivity index is 1.98. The van der Waals surface area contributed by atoms with Crippen LogP contribution in [0, 0.1) is 5.82 Å². The molecule has 2 nitrogen and oxygen atoms in total. The van der Waals surface area contributed by atoms with Crippen LogP contribution in [-0.4, -0.2) is 19.2 Å². The van der Waals surface area contributed by atoms with Crippen molar-refractivity contribution in [3.63, 3.8) is 0 Å². The van der Waals surface area contributed by atoms with E-state index in [2.05, 4.69) is 5.32 Å². The molecule has 1 N–H and O–H groups in total. The first-order valence-corrected chi connectivity index (χ1v) is 5.48. The third-order valence-electron chi connectivity index (χ3n) is 3.34. The van der Waals surface area contributed by atoms with Crippen LogP contribution in [0.4, 0.5) is 4.39 Å². The van der Waals surface area contributed by atoms with Crippen molar-refractivity contribution >= 4 is 0 Å². The summed E-state index contributed by atoms with van der Waals surface area (Å²) in [5.41, 5.74) is 1.89.